The van der Waals surface area contributed by atoms with Gasteiger partial charge in [0.25, 0.3) is 0 Å². The van der Waals surface area contributed by atoms with E-state index in [0.717, 1.165) is 6.26 Å². The van der Waals surface area contributed by atoms with E-state index < -0.39 is 27.2 Å². The molecule has 0 N–H and O–H groups in total. The maximum absolute atomic E-state index is 14.9. The number of carbonyl (C=O) groups is 1. The molecular formula is C14H17ClFNO3S. The number of sulfone groups is 1. The van der Waals surface area contributed by atoms with Crippen LogP contribution in [0.1, 0.15) is 18.4 Å². The fourth-order valence-corrected chi connectivity index (χ4v) is 3.22. The molecule has 1 amide bonds. The maximum Gasteiger partial charge on any atom is 0.237 e. The summed E-state index contributed by atoms with van der Waals surface area (Å²) >= 11 is 5.79. The second-order valence-electron chi connectivity index (χ2n) is 5.42. The van der Waals surface area contributed by atoms with E-state index in [4.69, 9.17) is 11.6 Å². The van der Waals surface area contributed by atoms with Gasteiger partial charge in [0.1, 0.15) is 11.4 Å². The molecule has 2 rings (SSSR count). The van der Waals surface area contributed by atoms with Crippen LogP contribution in [0, 0.1) is 0 Å². The van der Waals surface area contributed by atoms with Gasteiger partial charge in [-0.3, -0.25) is 4.79 Å². The Morgan fingerprint density at radius 3 is 2.29 bits per heavy atom. The summed E-state index contributed by atoms with van der Waals surface area (Å²) in [6, 6.07) is 6.57. The van der Waals surface area contributed by atoms with Crippen LogP contribution in [0.4, 0.5) is 4.39 Å². The van der Waals surface area contributed by atoms with E-state index in [-0.39, 0.29) is 25.9 Å². The number of hydrogen-bond donors (Lipinski definition) is 0. The Morgan fingerprint density at radius 1 is 1.29 bits per heavy atom. The molecule has 0 bridgehead atoms. The molecule has 0 radical (unpaired) electrons. The number of nitrogens with zero attached hydrogens (tertiary/aromatic N) is 1. The van der Waals surface area contributed by atoms with E-state index in [0.29, 0.717) is 10.6 Å². The van der Waals surface area contributed by atoms with Crippen LogP contribution < -0.4 is 0 Å². The quantitative estimate of drug-likeness (QED) is 0.852. The molecule has 1 aromatic rings. The van der Waals surface area contributed by atoms with Gasteiger partial charge in [0.2, 0.25) is 5.91 Å². The Morgan fingerprint density at radius 2 is 1.81 bits per heavy atom. The number of carbonyl (C=O) groups excluding carboxylic acids is 1. The molecule has 1 aliphatic rings. The van der Waals surface area contributed by atoms with Crippen LogP contribution in [-0.4, -0.2) is 44.3 Å². The van der Waals surface area contributed by atoms with Crippen LogP contribution in [-0.2, 0) is 20.3 Å². The fraction of sp³-hybridized carbons (Fsp3) is 0.500. The Balaban J connectivity index is 2.02. The van der Waals surface area contributed by atoms with Gasteiger partial charge in [0.05, 0.1) is 0 Å². The van der Waals surface area contributed by atoms with Crippen molar-refractivity contribution in [2.45, 2.75) is 18.5 Å². The molecule has 0 aromatic heterocycles. The van der Waals surface area contributed by atoms with Crippen LogP contribution >= 0.6 is 11.6 Å². The van der Waals surface area contributed by atoms with Gasteiger partial charge in [-0.1, -0.05) is 23.7 Å². The number of rotatable bonds is 3. The molecule has 4 nitrogen and oxygen atoms in total. The normalized spacial score (nSPS) is 18.5. The monoisotopic (exact) mass is 333 g/mol. The zero-order valence-corrected chi connectivity index (χ0v) is 13.3. The largest absolute Gasteiger partial charge is 0.342 e. The van der Waals surface area contributed by atoms with Gasteiger partial charge < -0.3 is 4.90 Å². The summed E-state index contributed by atoms with van der Waals surface area (Å²) in [6.07, 6.45) is 1.33. The van der Waals surface area contributed by atoms with Crippen molar-refractivity contribution in [3.05, 3.63) is 34.9 Å². The fourth-order valence-electron chi connectivity index (χ4n) is 2.46. The number of hydrogen-bond acceptors (Lipinski definition) is 3. The van der Waals surface area contributed by atoms with E-state index in [1.807, 2.05) is 0 Å². The molecule has 0 aliphatic carbocycles. The predicted octanol–water partition coefficient (Wildman–Crippen LogP) is 2.17. The van der Waals surface area contributed by atoms with Crippen LogP contribution in [0.2, 0.25) is 5.02 Å². The van der Waals surface area contributed by atoms with Gasteiger partial charge in [0, 0.05) is 37.2 Å². The lowest BCUT2D eigenvalue weighted by Crippen LogP contribution is -2.45. The van der Waals surface area contributed by atoms with Crippen molar-refractivity contribution < 1.29 is 17.6 Å². The minimum Gasteiger partial charge on any atom is -0.342 e. The molecule has 1 aromatic carbocycles. The zero-order valence-electron chi connectivity index (χ0n) is 11.7. The summed E-state index contributed by atoms with van der Waals surface area (Å²) in [5.41, 5.74) is -0.950. The maximum atomic E-state index is 14.9. The molecular weight excluding hydrogens is 317 g/mol. The van der Waals surface area contributed by atoms with E-state index in [2.05, 4.69) is 0 Å². The molecule has 1 saturated heterocycles. The summed E-state index contributed by atoms with van der Waals surface area (Å²) in [4.78, 5) is 13.2. The third-order valence-corrected chi connectivity index (χ3v) is 4.68. The van der Waals surface area contributed by atoms with Gasteiger partial charge in [-0.2, -0.15) is 0 Å². The molecule has 1 aliphatic heterocycles. The SMILES string of the molecule is CS(=O)(=O)CC(=O)N1CCC(F)(c2ccc(Cl)cc2)CC1. The highest BCUT2D eigenvalue weighted by molar-refractivity contribution is 7.91. The third kappa shape index (κ3) is 4.17. The van der Waals surface area contributed by atoms with Crippen molar-refractivity contribution in [3.63, 3.8) is 0 Å². The van der Waals surface area contributed by atoms with E-state index in [1.165, 1.54) is 4.90 Å². The van der Waals surface area contributed by atoms with Crippen molar-refractivity contribution in [1.29, 1.82) is 0 Å². The third-order valence-electron chi connectivity index (χ3n) is 3.66. The Kier molecular flexibility index (Phi) is 4.58. The van der Waals surface area contributed by atoms with Gasteiger partial charge in [-0.25, -0.2) is 12.8 Å². The van der Waals surface area contributed by atoms with Crippen molar-refractivity contribution in [3.8, 4) is 0 Å². The molecule has 116 valence electrons. The molecule has 7 heteroatoms. The molecule has 1 heterocycles. The Bertz CT molecular complexity index is 622. The molecule has 0 atom stereocenters. The molecule has 0 saturated carbocycles. The number of likely N-dealkylation sites (tertiary alicyclic amines) is 1. The first-order chi connectivity index (χ1) is 9.70. The van der Waals surface area contributed by atoms with Gasteiger partial charge in [0.15, 0.2) is 9.84 Å². The second kappa shape index (κ2) is 5.93. The van der Waals surface area contributed by atoms with Crippen molar-refractivity contribution in [2.24, 2.45) is 0 Å². The van der Waals surface area contributed by atoms with Crippen molar-refractivity contribution >= 4 is 27.3 Å². The van der Waals surface area contributed by atoms with E-state index in [9.17, 15) is 17.6 Å². The van der Waals surface area contributed by atoms with Crippen LogP contribution in [0.15, 0.2) is 24.3 Å². The Labute approximate surface area is 128 Å². The predicted molar refractivity (Wildman–Crippen MR) is 79.8 cm³/mol. The molecule has 0 spiro atoms. The van der Waals surface area contributed by atoms with Gasteiger partial charge >= 0.3 is 0 Å². The lowest BCUT2D eigenvalue weighted by atomic mass is 9.86. The first kappa shape index (κ1) is 16.2. The lowest BCUT2D eigenvalue weighted by molar-refractivity contribution is -0.131. The number of piperidine rings is 1. The van der Waals surface area contributed by atoms with Gasteiger partial charge in [-0.05, 0) is 17.7 Å². The first-order valence-electron chi connectivity index (χ1n) is 6.60. The number of benzene rings is 1. The average molecular weight is 334 g/mol. The number of alkyl halides is 1. The molecule has 21 heavy (non-hydrogen) atoms. The summed E-state index contributed by atoms with van der Waals surface area (Å²) < 4.78 is 37.2. The lowest BCUT2D eigenvalue weighted by Gasteiger charge is -2.36. The topological polar surface area (TPSA) is 54.5 Å². The Hall–Kier alpha value is -1.14. The zero-order chi connectivity index (χ0) is 15.7. The molecule has 0 unspecified atom stereocenters. The first-order valence-corrected chi connectivity index (χ1v) is 9.04. The summed E-state index contributed by atoms with van der Waals surface area (Å²) in [7, 11) is -3.36. The minimum atomic E-state index is -3.36. The highest BCUT2D eigenvalue weighted by Gasteiger charge is 2.37. The van der Waals surface area contributed by atoms with Crippen molar-refractivity contribution in [2.75, 3.05) is 25.1 Å². The highest BCUT2D eigenvalue weighted by atomic mass is 35.5. The standard InChI is InChI=1S/C14H17ClFNO3S/c1-21(19,20)10-13(18)17-8-6-14(16,7-9-17)11-2-4-12(15)5-3-11/h2-5H,6-10H2,1H3. The van der Waals surface area contributed by atoms with Crippen LogP contribution in [0.25, 0.3) is 0 Å². The van der Waals surface area contributed by atoms with Crippen molar-refractivity contribution in [1.82, 2.24) is 4.90 Å². The van der Waals surface area contributed by atoms with Gasteiger partial charge in [-0.15, -0.1) is 0 Å². The number of amides is 1. The molecule has 1 fully saturated rings. The van der Waals surface area contributed by atoms with E-state index in [1.54, 1.807) is 24.3 Å². The average Bonchev–Trinajstić information content (AvgIpc) is 2.38. The van der Waals surface area contributed by atoms with E-state index >= 15 is 0 Å². The van der Waals surface area contributed by atoms with Crippen LogP contribution in [0.5, 0.6) is 0 Å². The second-order valence-corrected chi connectivity index (χ2v) is 8.00. The van der Waals surface area contributed by atoms with Crippen LogP contribution in [0.3, 0.4) is 0 Å². The smallest absolute Gasteiger partial charge is 0.237 e. The summed E-state index contributed by atoms with van der Waals surface area (Å²) in [5, 5.41) is 0.545. The summed E-state index contributed by atoms with van der Waals surface area (Å²) in [6.45, 7) is 0.432. The number of halogens is 2. The summed E-state index contributed by atoms with van der Waals surface area (Å²) in [5.74, 6) is -0.983. The minimum absolute atomic E-state index is 0.157. The highest BCUT2D eigenvalue weighted by Crippen LogP contribution is 2.37.